The number of esters is 1. The first kappa shape index (κ1) is 18.6. The third kappa shape index (κ3) is 4.49. The Morgan fingerprint density at radius 3 is 2.69 bits per heavy atom. The van der Waals surface area contributed by atoms with Gasteiger partial charge in [0.05, 0.1) is 18.2 Å². The number of fused-ring (bicyclic) bond motifs is 1. The molecule has 1 aromatic carbocycles. The molecule has 1 aromatic rings. The van der Waals surface area contributed by atoms with Crippen molar-refractivity contribution in [2.75, 3.05) is 26.3 Å². The van der Waals surface area contributed by atoms with Crippen LogP contribution in [0.4, 0.5) is 0 Å². The number of hydrogen-bond donors (Lipinski definition) is 0. The van der Waals surface area contributed by atoms with Gasteiger partial charge in [0.2, 0.25) is 0 Å². The lowest BCUT2D eigenvalue weighted by Crippen LogP contribution is -2.37. The highest BCUT2D eigenvalue weighted by molar-refractivity contribution is 6.32. The number of hydrogen-bond acceptors (Lipinski definition) is 5. The number of carbonyl (C=O) groups is 2. The van der Waals surface area contributed by atoms with Gasteiger partial charge in [-0.15, -0.1) is 0 Å². The fraction of sp³-hybridized carbons (Fsp3) is 0.474. The monoisotopic (exact) mass is 379 g/mol. The van der Waals surface area contributed by atoms with E-state index in [1.54, 1.807) is 30.0 Å². The summed E-state index contributed by atoms with van der Waals surface area (Å²) in [5.74, 6) is 0.352. The molecule has 0 aromatic heterocycles. The van der Waals surface area contributed by atoms with Gasteiger partial charge in [-0.1, -0.05) is 11.6 Å². The maximum absolute atomic E-state index is 12.2. The summed E-state index contributed by atoms with van der Waals surface area (Å²) in [7, 11) is 0. The van der Waals surface area contributed by atoms with Crippen LogP contribution in [-0.4, -0.2) is 49.2 Å². The normalized spacial score (nSPS) is 17.8. The number of ether oxygens (including phenoxy) is 3. The van der Waals surface area contributed by atoms with E-state index in [1.165, 1.54) is 6.08 Å². The zero-order valence-corrected chi connectivity index (χ0v) is 15.5. The minimum atomic E-state index is -0.794. The number of rotatable bonds is 4. The Labute approximate surface area is 157 Å². The van der Waals surface area contributed by atoms with Crippen LogP contribution < -0.4 is 9.47 Å². The second-order valence-corrected chi connectivity index (χ2v) is 6.73. The molecule has 0 aliphatic carbocycles. The predicted molar refractivity (Wildman–Crippen MR) is 97.5 cm³/mol. The summed E-state index contributed by atoms with van der Waals surface area (Å²) in [5.41, 5.74) is 0.690. The second-order valence-electron chi connectivity index (χ2n) is 6.33. The third-order valence-corrected chi connectivity index (χ3v) is 4.58. The molecule has 2 heterocycles. The van der Waals surface area contributed by atoms with E-state index in [2.05, 4.69) is 0 Å². The maximum Gasteiger partial charge on any atom is 0.331 e. The Kier molecular flexibility index (Phi) is 6.04. The fourth-order valence-corrected chi connectivity index (χ4v) is 3.24. The molecule has 1 atom stereocenters. The lowest BCUT2D eigenvalue weighted by atomic mass is 10.2. The molecular formula is C19H22ClNO5. The molecule has 0 saturated carbocycles. The molecule has 0 radical (unpaired) electrons. The van der Waals surface area contributed by atoms with E-state index in [0.717, 1.165) is 32.4 Å². The van der Waals surface area contributed by atoms with Crippen molar-refractivity contribution >= 4 is 29.6 Å². The van der Waals surface area contributed by atoms with Gasteiger partial charge < -0.3 is 19.1 Å². The first-order valence-corrected chi connectivity index (χ1v) is 9.19. The van der Waals surface area contributed by atoms with E-state index in [1.807, 2.05) is 0 Å². The second kappa shape index (κ2) is 8.45. The van der Waals surface area contributed by atoms with Crippen LogP contribution in [0, 0.1) is 0 Å². The topological polar surface area (TPSA) is 65.1 Å². The smallest absolute Gasteiger partial charge is 0.331 e. The summed E-state index contributed by atoms with van der Waals surface area (Å²) in [6.07, 6.45) is 4.84. The van der Waals surface area contributed by atoms with Crippen molar-refractivity contribution in [1.29, 1.82) is 0 Å². The van der Waals surface area contributed by atoms with E-state index < -0.39 is 12.1 Å². The molecule has 6 nitrogen and oxygen atoms in total. The SMILES string of the molecule is C[C@@H](OC(=O)/C=C/c1cc(Cl)c2c(c1)OCCCO2)C(=O)N1CCCC1. The molecule has 7 heteroatoms. The fourth-order valence-electron chi connectivity index (χ4n) is 2.97. The standard InChI is InChI=1S/C19H22ClNO5/c1-13(19(23)21-7-2-3-8-21)26-17(22)6-5-14-11-15(20)18-16(12-14)24-9-4-10-25-18/h5-6,11-13H,2-4,7-10H2,1H3/b6-5+/t13-/m1/s1. The number of carbonyl (C=O) groups excluding carboxylic acids is 2. The Hall–Kier alpha value is -2.21. The van der Waals surface area contributed by atoms with Crippen molar-refractivity contribution in [2.45, 2.75) is 32.3 Å². The summed E-state index contributed by atoms with van der Waals surface area (Å²) in [6.45, 7) is 4.15. The Morgan fingerprint density at radius 2 is 1.92 bits per heavy atom. The molecule has 0 bridgehead atoms. The molecule has 1 amide bonds. The van der Waals surface area contributed by atoms with Crippen molar-refractivity contribution in [1.82, 2.24) is 4.90 Å². The van der Waals surface area contributed by atoms with Gasteiger partial charge in [-0.25, -0.2) is 4.79 Å². The summed E-state index contributed by atoms with van der Waals surface area (Å²) < 4.78 is 16.4. The Morgan fingerprint density at radius 1 is 1.19 bits per heavy atom. The molecule has 0 spiro atoms. The zero-order chi connectivity index (χ0) is 18.5. The van der Waals surface area contributed by atoms with Crippen molar-refractivity contribution in [3.05, 3.63) is 28.8 Å². The van der Waals surface area contributed by atoms with Crippen molar-refractivity contribution in [3.8, 4) is 11.5 Å². The van der Waals surface area contributed by atoms with Crippen LogP contribution in [0.1, 0.15) is 31.7 Å². The van der Waals surface area contributed by atoms with Crippen molar-refractivity contribution in [2.24, 2.45) is 0 Å². The van der Waals surface area contributed by atoms with E-state index >= 15 is 0 Å². The maximum atomic E-state index is 12.2. The van der Waals surface area contributed by atoms with Crippen LogP contribution >= 0.6 is 11.6 Å². The van der Waals surface area contributed by atoms with Gasteiger partial charge in [0.1, 0.15) is 0 Å². The predicted octanol–water partition coefficient (Wildman–Crippen LogP) is 3.07. The number of benzene rings is 1. The third-order valence-electron chi connectivity index (χ3n) is 4.29. The van der Waals surface area contributed by atoms with Crippen LogP contribution in [-0.2, 0) is 14.3 Å². The minimum Gasteiger partial charge on any atom is -0.489 e. The highest BCUT2D eigenvalue weighted by Crippen LogP contribution is 2.38. The van der Waals surface area contributed by atoms with Crippen LogP contribution in [0.2, 0.25) is 5.02 Å². The number of likely N-dealkylation sites (tertiary alicyclic amines) is 1. The Balaban J connectivity index is 1.62. The number of halogens is 1. The lowest BCUT2D eigenvalue weighted by molar-refractivity contribution is -0.154. The molecule has 26 heavy (non-hydrogen) atoms. The number of amides is 1. The molecule has 2 aliphatic rings. The quantitative estimate of drug-likeness (QED) is 0.594. The van der Waals surface area contributed by atoms with E-state index in [9.17, 15) is 9.59 Å². The van der Waals surface area contributed by atoms with Crippen molar-refractivity contribution in [3.63, 3.8) is 0 Å². The van der Waals surface area contributed by atoms with Crippen LogP contribution in [0.15, 0.2) is 18.2 Å². The molecule has 0 unspecified atom stereocenters. The van der Waals surface area contributed by atoms with Gasteiger partial charge in [-0.3, -0.25) is 4.79 Å². The average molecular weight is 380 g/mol. The summed E-state index contributed by atoms with van der Waals surface area (Å²) in [5, 5.41) is 0.426. The van der Waals surface area contributed by atoms with E-state index in [4.69, 9.17) is 25.8 Å². The highest BCUT2D eigenvalue weighted by Gasteiger charge is 2.25. The molecule has 1 saturated heterocycles. The molecule has 2 aliphatic heterocycles. The van der Waals surface area contributed by atoms with Gasteiger partial charge in [-0.2, -0.15) is 0 Å². The summed E-state index contributed by atoms with van der Waals surface area (Å²) in [4.78, 5) is 25.9. The van der Waals surface area contributed by atoms with Gasteiger partial charge in [0, 0.05) is 25.6 Å². The minimum absolute atomic E-state index is 0.150. The van der Waals surface area contributed by atoms with Crippen LogP contribution in [0.3, 0.4) is 0 Å². The Bertz CT molecular complexity index is 712. The summed E-state index contributed by atoms with van der Waals surface area (Å²) in [6, 6.07) is 3.45. The van der Waals surface area contributed by atoms with E-state index in [-0.39, 0.29) is 5.91 Å². The lowest BCUT2D eigenvalue weighted by Gasteiger charge is -2.19. The molecule has 1 fully saturated rings. The van der Waals surface area contributed by atoms with Crippen LogP contribution in [0.25, 0.3) is 6.08 Å². The van der Waals surface area contributed by atoms with Crippen molar-refractivity contribution < 1.29 is 23.8 Å². The van der Waals surface area contributed by atoms with Gasteiger partial charge in [0.25, 0.3) is 5.91 Å². The first-order valence-electron chi connectivity index (χ1n) is 8.81. The zero-order valence-electron chi connectivity index (χ0n) is 14.7. The molecule has 140 valence electrons. The van der Waals surface area contributed by atoms with Gasteiger partial charge in [-0.05, 0) is 43.5 Å². The summed E-state index contributed by atoms with van der Waals surface area (Å²) >= 11 is 6.23. The van der Waals surface area contributed by atoms with Gasteiger partial charge >= 0.3 is 5.97 Å². The molecule has 0 N–H and O–H groups in total. The first-order chi connectivity index (χ1) is 12.5. The molecular weight excluding hydrogens is 358 g/mol. The molecule has 3 rings (SSSR count). The average Bonchev–Trinajstić information content (AvgIpc) is 3.05. The van der Waals surface area contributed by atoms with Crippen LogP contribution in [0.5, 0.6) is 11.5 Å². The largest absolute Gasteiger partial charge is 0.489 e. The van der Waals surface area contributed by atoms with Gasteiger partial charge in [0.15, 0.2) is 17.6 Å². The highest BCUT2D eigenvalue weighted by atomic mass is 35.5. The van der Waals surface area contributed by atoms with E-state index in [0.29, 0.717) is 35.3 Å². The number of nitrogens with zero attached hydrogens (tertiary/aromatic N) is 1.